The number of rotatable bonds is 48. The van der Waals surface area contributed by atoms with Crippen LogP contribution in [0.4, 0.5) is 0 Å². The SMILES string of the molecule is CC\C=C/C=C\C=C/C=C\CCCCCCCC(=O)OC(COC(=O)CCCCCCC/C=C\CCCCCCCCC)COC(=O)CCCCCCCCC/C=C\CCCCCC. The first-order chi connectivity index (χ1) is 31.5. The van der Waals surface area contributed by atoms with E-state index >= 15 is 0 Å². The number of unbranched alkanes of at least 4 members (excludes halogenated alkanes) is 28. The van der Waals surface area contributed by atoms with Crippen molar-refractivity contribution in [2.75, 3.05) is 13.2 Å². The zero-order chi connectivity index (χ0) is 46.5. The number of carbonyl (C=O) groups excluding carboxylic acids is 3. The first-order valence-corrected chi connectivity index (χ1v) is 27.0. The normalized spacial score (nSPS) is 12.6. The second-order valence-electron chi connectivity index (χ2n) is 17.8. The van der Waals surface area contributed by atoms with Gasteiger partial charge in [0.15, 0.2) is 6.10 Å². The number of carbonyl (C=O) groups is 3. The molecule has 0 heterocycles. The highest BCUT2D eigenvalue weighted by molar-refractivity contribution is 5.71. The van der Waals surface area contributed by atoms with E-state index in [4.69, 9.17) is 14.2 Å². The molecule has 0 N–H and O–H groups in total. The van der Waals surface area contributed by atoms with Crippen LogP contribution in [-0.4, -0.2) is 37.2 Å². The fourth-order valence-electron chi connectivity index (χ4n) is 7.44. The Morgan fingerprint density at radius 2 is 0.625 bits per heavy atom. The van der Waals surface area contributed by atoms with Crippen LogP contribution in [0.15, 0.2) is 72.9 Å². The summed E-state index contributed by atoms with van der Waals surface area (Å²) in [5.41, 5.74) is 0. The van der Waals surface area contributed by atoms with E-state index in [0.717, 1.165) is 89.9 Å². The van der Waals surface area contributed by atoms with Crippen LogP contribution < -0.4 is 0 Å². The second kappa shape index (κ2) is 52.5. The van der Waals surface area contributed by atoms with Gasteiger partial charge in [0.25, 0.3) is 0 Å². The van der Waals surface area contributed by atoms with Crippen molar-refractivity contribution in [1.82, 2.24) is 0 Å². The molecule has 0 aromatic rings. The molecule has 6 nitrogen and oxygen atoms in total. The van der Waals surface area contributed by atoms with E-state index in [0.29, 0.717) is 19.3 Å². The summed E-state index contributed by atoms with van der Waals surface area (Å²) in [5.74, 6) is -0.922. The third-order valence-corrected chi connectivity index (χ3v) is 11.5. The third kappa shape index (κ3) is 49.9. The number of hydrogen-bond donors (Lipinski definition) is 0. The Labute approximate surface area is 395 Å². The lowest BCUT2D eigenvalue weighted by Gasteiger charge is -2.18. The number of ether oxygens (including phenoxy) is 3. The Kier molecular flexibility index (Phi) is 49.9. The molecule has 0 aliphatic carbocycles. The van der Waals surface area contributed by atoms with E-state index < -0.39 is 6.10 Å². The summed E-state index contributed by atoms with van der Waals surface area (Å²) in [4.78, 5) is 38.0. The minimum atomic E-state index is -0.792. The van der Waals surface area contributed by atoms with Crippen molar-refractivity contribution in [3.05, 3.63) is 72.9 Å². The number of allylic oxidation sites excluding steroid dienone is 12. The Balaban J connectivity index is 4.43. The van der Waals surface area contributed by atoms with Crippen molar-refractivity contribution in [1.29, 1.82) is 0 Å². The molecule has 1 atom stereocenters. The molecule has 0 saturated carbocycles. The van der Waals surface area contributed by atoms with Crippen molar-refractivity contribution in [2.24, 2.45) is 0 Å². The van der Waals surface area contributed by atoms with Gasteiger partial charge in [-0.15, -0.1) is 0 Å². The van der Waals surface area contributed by atoms with Crippen molar-refractivity contribution >= 4 is 17.9 Å². The smallest absolute Gasteiger partial charge is 0.306 e. The van der Waals surface area contributed by atoms with Crippen molar-refractivity contribution < 1.29 is 28.6 Å². The minimum absolute atomic E-state index is 0.0898. The molecule has 0 radical (unpaired) electrons. The summed E-state index contributed by atoms with van der Waals surface area (Å²) in [5, 5.41) is 0. The van der Waals surface area contributed by atoms with Gasteiger partial charge >= 0.3 is 17.9 Å². The van der Waals surface area contributed by atoms with Crippen LogP contribution in [0.25, 0.3) is 0 Å². The van der Waals surface area contributed by atoms with Crippen LogP contribution in [0.5, 0.6) is 0 Å². The average Bonchev–Trinajstić information content (AvgIpc) is 3.29. The Bertz CT molecular complexity index is 1210. The molecule has 0 spiro atoms. The first kappa shape index (κ1) is 60.9. The van der Waals surface area contributed by atoms with E-state index in [-0.39, 0.29) is 31.1 Å². The molecule has 6 heteroatoms. The highest BCUT2D eigenvalue weighted by Crippen LogP contribution is 2.14. The zero-order valence-electron chi connectivity index (χ0n) is 42.0. The van der Waals surface area contributed by atoms with Gasteiger partial charge in [0.1, 0.15) is 13.2 Å². The van der Waals surface area contributed by atoms with Gasteiger partial charge in [0, 0.05) is 19.3 Å². The van der Waals surface area contributed by atoms with E-state index in [2.05, 4.69) is 75.5 Å². The van der Waals surface area contributed by atoms with Gasteiger partial charge in [-0.25, -0.2) is 0 Å². The van der Waals surface area contributed by atoms with Gasteiger partial charge in [-0.1, -0.05) is 222 Å². The van der Waals surface area contributed by atoms with Crippen molar-refractivity contribution in [3.8, 4) is 0 Å². The summed E-state index contributed by atoms with van der Waals surface area (Å²) >= 11 is 0. The monoisotopic (exact) mass is 893 g/mol. The van der Waals surface area contributed by atoms with E-state index in [1.165, 1.54) is 128 Å². The maximum Gasteiger partial charge on any atom is 0.306 e. The van der Waals surface area contributed by atoms with Crippen LogP contribution in [0.1, 0.15) is 258 Å². The van der Waals surface area contributed by atoms with Crippen LogP contribution in [0.2, 0.25) is 0 Å². The number of hydrogen-bond acceptors (Lipinski definition) is 6. The summed E-state index contributed by atoms with van der Waals surface area (Å²) in [6.45, 7) is 6.46. The summed E-state index contributed by atoms with van der Waals surface area (Å²) < 4.78 is 16.8. The predicted octanol–water partition coefficient (Wildman–Crippen LogP) is 17.8. The second-order valence-corrected chi connectivity index (χ2v) is 17.8. The van der Waals surface area contributed by atoms with E-state index in [1.54, 1.807) is 0 Å². The maximum absolute atomic E-state index is 12.8. The van der Waals surface area contributed by atoms with Crippen molar-refractivity contribution in [2.45, 2.75) is 264 Å². The van der Waals surface area contributed by atoms with Crippen molar-refractivity contribution in [3.63, 3.8) is 0 Å². The molecule has 64 heavy (non-hydrogen) atoms. The third-order valence-electron chi connectivity index (χ3n) is 11.5. The lowest BCUT2D eigenvalue weighted by molar-refractivity contribution is -0.167. The molecule has 368 valence electrons. The molecule has 0 aromatic carbocycles. The first-order valence-electron chi connectivity index (χ1n) is 27.0. The van der Waals surface area contributed by atoms with E-state index in [9.17, 15) is 14.4 Å². The molecule has 0 rings (SSSR count). The molecular formula is C58H100O6. The topological polar surface area (TPSA) is 78.9 Å². The molecule has 0 bridgehead atoms. The quantitative estimate of drug-likeness (QED) is 0.0199. The molecule has 0 aliphatic rings. The van der Waals surface area contributed by atoms with Crippen LogP contribution >= 0.6 is 0 Å². The highest BCUT2D eigenvalue weighted by atomic mass is 16.6. The molecule has 0 amide bonds. The predicted molar refractivity (Wildman–Crippen MR) is 274 cm³/mol. The van der Waals surface area contributed by atoms with Crippen LogP contribution in [-0.2, 0) is 28.6 Å². The molecule has 0 aromatic heterocycles. The van der Waals surface area contributed by atoms with Gasteiger partial charge in [0.2, 0.25) is 0 Å². The van der Waals surface area contributed by atoms with Gasteiger partial charge < -0.3 is 14.2 Å². The minimum Gasteiger partial charge on any atom is -0.462 e. The van der Waals surface area contributed by atoms with Gasteiger partial charge in [-0.2, -0.15) is 0 Å². The molecule has 0 fully saturated rings. The number of esters is 3. The van der Waals surface area contributed by atoms with Gasteiger partial charge in [0.05, 0.1) is 0 Å². The standard InChI is InChI=1S/C58H100O6/c1-4-7-10-13-16-19-22-25-28-31-33-36-39-42-45-48-51-57(60)63-54-55(64-58(61)52-49-46-43-40-37-34-30-27-24-21-18-15-12-9-6-3)53-62-56(59)50-47-44-41-38-35-32-29-26-23-20-17-14-11-8-5-2/h9,12,15,18,20-21,23-24,27-28,30-31,55H,4-8,10-11,13-14,16-17,19,22,25-26,29,32-54H2,1-3H3/b12-9-,18-15-,23-20-,24-21-,30-27-,31-28-. The lowest BCUT2D eigenvalue weighted by atomic mass is 10.1. The maximum atomic E-state index is 12.8. The highest BCUT2D eigenvalue weighted by Gasteiger charge is 2.19. The summed E-state index contributed by atoms with van der Waals surface area (Å²) in [6.07, 6.45) is 65.9. The molecule has 0 aliphatic heterocycles. The fraction of sp³-hybridized carbons (Fsp3) is 0.741. The largest absolute Gasteiger partial charge is 0.462 e. The lowest BCUT2D eigenvalue weighted by Crippen LogP contribution is -2.30. The molecule has 0 saturated heterocycles. The summed E-state index contributed by atoms with van der Waals surface area (Å²) in [6, 6.07) is 0. The molecular weight excluding hydrogens is 793 g/mol. The molecule has 1 unspecified atom stereocenters. The zero-order valence-corrected chi connectivity index (χ0v) is 42.0. The van der Waals surface area contributed by atoms with Gasteiger partial charge in [-0.05, 0) is 89.9 Å². The Morgan fingerprint density at radius 3 is 1.02 bits per heavy atom. The fourth-order valence-corrected chi connectivity index (χ4v) is 7.44. The Hall–Kier alpha value is -3.15. The summed E-state index contributed by atoms with van der Waals surface area (Å²) in [7, 11) is 0. The van der Waals surface area contributed by atoms with E-state index in [1.807, 2.05) is 18.2 Å². The van der Waals surface area contributed by atoms with Gasteiger partial charge in [-0.3, -0.25) is 14.4 Å². The van der Waals surface area contributed by atoms with Crippen LogP contribution in [0, 0.1) is 0 Å². The Morgan fingerprint density at radius 1 is 0.328 bits per heavy atom. The average molecular weight is 893 g/mol. The van der Waals surface area contributed by atoms with Crippen LogP contribution in [0.3, 0.4) is 0 Å².